The van der Waals surface area contributed by atoms with Crippen molar-refractivity contribution in [2.75, 3.05) is 17.3 Å². The predicted octanol–water partition coefficient (Wildman–Crippen LogP) is 2.39. The van der Waals surface area contributed by atoms with E-state index in [2.05, 4.69) is 15.3 Å². The van der Waals surface area contributed by atoms with Crippen molar-refractivity contribution in [3.63, 3.8) is 0 Å². The van der Waals surface area contributed by atoms with Crippen molar-refractivity contribution in [1.82, 2.24) is 9.97 Å². The van der Waals surface area contributed by atoms with Gasteiger partial charge in [0, 0.05) is 18.3 Å². The van der Waals surface area contributed by atoms with Crippen molar-refractivity contribution in [2.24, 2.45) is 0 Å². The molecule has 3 N–H and O–H groups in total. The number of hydrogen-bond acceptors (Lipinski definition) is 5. The molecule has 0 saturated heterocycles. The Labute approximate surface area is 105 Å². The third-order valence-corrected chi connectivity index (χ3v) is 2.95. The number of aromatic nitrogens is 2. The van der Waals surface area contributed by atoms with E-state index < -0.39 is 0 Å². The third-order valence-electron chi connectivity index (χ3n) is 2.30. The molecule has 88 valence electrons. The molecular weight excluding hydrogens is 232 g/mol. The maximum atomic E-state index is 5.63. The van der Waals surface area contributed by atoms with Crippen LogP contribution in [0.1, 0.15) is 5.56 Å². The second-order valence-electron chi connectivity index (χ2n) is 3.54. The van der Waals surface area contributed by atoms with Gasteiger partial charge in [0.25, 0.3) is 0 Å². The zero-order valence-corrected chi connectivity index (χ0v) is 10.4. The molecule has 0 aliphatic heterocycles. The molecule has 0 amide bonds. The van der Waals surface area contributed by atoms with Crippen molar-refractivity contribution in [2.45, 2.75) is 11.6 Å². The van der Waals surface area contributed by atoms with Gasteiger partial charge in [0.15, 0.2) is 0 Å². The summed E-state index contributed by atoms with van der Waals surface area (Å²) in [5.74, 6) is 0.834. The Morgan fingerprint density at radius 3 is 2.71 bits per heavy atom. The fourth-order valence-electron chi connectivity index (χ4n) is 1.38. The Hall–Kier alpha value is -1.75. The third kappa shape index (κ3) is 3.35. The maximum absolute atomic E-state index is 5.63. The normalized spacial score (nSPS) is 10.2. The molecule has 1 aromatic heterocycles. The smallest absolute Gasteiger partial charge is 0.130 e. The van der Waals surface area contributed by atoms with Crippen LogP contribution in [0.2, 0.25) is 0 Å². The molecule has 0 spiro atoms. The monoisotopic (exact) mass is 246 g/mol. The van der Waals surface area contributed by atoms with E-state index in [1.54, 1.807) is 18.1 Å². The van der Waals surface area contributed by atoms with Crippen molar-refractivity contribution in [3.05, 3.63) is 42.2 Å². The number of hydrogen-bond donors (Lipinski definition) is 2. The highest BCUT2D eigenvalue weighted by Gasteiger charge is 1.97. The van der Waals surface area contributed by atoms with Crippen molar-refractivity contribution in [1.29, 1.82) is 0 Å². The molecule has 0 aliphatic rings. The summed E-state index contributed by atoms with van der Waals surface area (Å²) < 4.78 is 0. The highest BCUT2D eigenvalue weighted by atomic mass is 32.2. The van der Waals surface area contributed by atoms with Gasteiger partial charge in [0.1, 0.15) is 17.2 Å². The van der Waals surface area contributed by atoms with Crippen molar-refractivity contribution >= 4 is 23.3 Å². The van der Waals surface area contributed by atoms with Crippen molar-refractivity contribution < 1.29 is 0 Å². The largest absolute Gasteiger partial charge is 0.399 e. The molecule has 0 radical (unpaired) electrons. The molecule has 2 rings (SSSR count). The van der Waals surface area contributed by atoms with Crippen LogP contribution in [-0.2, 0) is 6.54 Å². The molecule has 4 nitrogen and oxygen atoms in total. The summed E-state index contributed by atoms with van der Waals surface area (Å²) in [5, 5.41) is 4.21. The first-order valence-electron chi connectivity index (χ1n) is 5.22. The van der Waals surface area contributed by atoms with Gasteiger partial charge in [-0.25, -0.2) is 9.97 Å². The summed E-state index contributed by atoms with van der Waals surface area (Å²) in [7, 11) is 0. The van der Waals surface area contributed by atoms with Crippen LogP contribution in [-0.4, -0.2) is 16.2 Å². The fourth-order valence-corrected chi connectivity index (χ4v) is 1.76. The van der Waals surface area contributed by atoms with E-state index >= 15 is 0 Å². The molecule has 17 heavy (non-hydrogen) atoms. The Kier molecular flexibility index (Phi) is 3.82. The van der Waals surface area contributed by atoms with Crippen LogP contribution in [0.4, 0.5) is 11.5 Å². The molecule has 1 aromatic carbocycles. The summed E-state index contributed by atoms with van der Waals surface area (Å²) in [6.07, 6.45) is 3.56. The quantitative estimate of drug-likeness (QED) is 0.492. The van der Waals surface area contributed by atoms with Gasteiger partial charge in [-0.2, -0.15) is 0 Å². The van der Waals surface area contributed by atoms with Gasteiger partial charge in [0.05, 0.1) is 0 Å². The summed E-state index contributed by atoms with van der Waals surface area (Å²) in [6.45, 7) is 0.727. The highest BCUT2D eigenvalue weighted by molar-refractivity contribution is 7.98. The van der Waals surface area contributed by atoms with E-state index in [1.807, 2.05) is 36.6 Å². The minimum atomic E-state index is 0.727. The molecular formula is C12H14N4S. The lowest BCUT2D eigenvalue weighted by molar-refractivity contribution is 1.02. The number of benzene rings is 1. The number of nitrogens with zero attached hydrogens (tertiary/aromatic N) is 2. The summed E-state index contributed by atoms with van der Waals surface area (Å²) in [5.41, 5.74) is 7.58. The van der Waals surface area contributed by atoms with E-state index in [0.29, 0.717) is 0 Å². The van der Waals surface area contributed by atoms with Crippen LogP contribution in [0, 0.1) is 0 Å². The summed E-state index contributed by atoms with van der Waals surface area (Å²) in [4.78, 5) is 8.28. The van der Waals surface area contributed by atoms with Gasteiger partial charge in [0.2, 0.25) is 0 Å². The van der Waals surface area contributed by atoms with Crippen LogP contribution in [0.15, 0.2) is 41.7 Å². The molecule has 0 saturated carbocycles. The fraction of sp³-hybridized carbons (Fsp3) is 0.167. The van der Waals surface area contributed by atoms with Crippen LogP contribution in [0.3, 0.4) is 0 Å². The highest BCUT2D eigenvalue weighted by Crippen LogP contribution is 2.14. The number of thioether (sulfide) groups is 1. The molecule has 0 atom stereocenters. The molecule has 0 aliphatic carbocycles. The van der Waals surface area contributed by atoms with Gasteiger partial charge >= 0.3 is 0 Å². The van der Waals surface area contributed by atoms with Crippen LogP contribution in [0.25, 0.3) is 0 Å². The van der Waals surface area contributed by atoms with Gasteiger partial charge in [-0.3, -0.25) is 0 Å². The Morgan fingerprint density at radius 1 is 1.24 bits per heavy atom. The lowest BCUT2D eigenvalue weighted by atomic mass is 10.2. The summed E-state index contributed by atoms with van der Waals surface area (Å²) >= 11 is 1.60. The maximum Gasteiger partial charge on any atom is 0.130 e. The average molecular weight is 246 g/mol. The molecule has 1 heterocycles. The predicted molar refractivity (Wildman–Crippen MR) is 72.0 cm³/mol. The van der Waals surface area contributed by atoms with E-state index in [4.69, 9.17) is 5.73 Å². The zero-order chi connectivity index (χ0) is 12.1. The number of nitrogens with two attached hydrogens (primary N) is 1. The Morgan fingerprint density at radius 2 is 2.00 bits per heavy atom. The second kappa shape index (κ2) is 5.54. The average Bonchev–Trinajstić information content (AvgIpc) is 2.38. The topological polar surface area (TPSA) is 63.8 Å². The number of nitrogens with one attached hydrogen (secondary N) is 1. The Bertz CT molecular complexity index is 484. The van der Waals surface area contributed by atoms with Gasteiger partial charge in [-0.1, -0.05) is 12.1 Å². The van der Waals surface area contributed by atoms with E-state index in [0.717, 1.165) is 23.1 Å². The SMILES string of the molecule is CSc1cc(NCc2ccc(N)cc2)ncn1. The first kappa shape index (κ1) is 11.7. The van der Waals surface area contributed by atoms with Crippen LogP contribution < -0.4 is 11.1 Å². The number of anilines is 2. The van der Waals surface area contributed by atoms with E-state index in [1.165, 1.54) is 5.56 Å². The van der Waals surface area contributed by atoms with Gasteiger partial charge < -0.3 is 11.1 Å². The molecule has 0 bridgehead atoms. The minimum absolute atomic E-state index is 0.727. The van der Waals surface area contributed by atoms with Crippen LogP contribution >= 0.6 is 11.8 Å². The summed E-state index contributed by atoms with van der Waals surface area (Å²) in [6, 6.07) is 9.72. The first-order chi connectivity index (χ1) is 8.28. The van der Waals surface area contributed by atoms with E-state index in [-0.39, 0.29) is 0 Å². The first-order valence-corrected chi connectivity index (χ1v) is 6.45. The van der Waals surface area contributed by atoms with Gasteiger partial charge in [-0.05, 0) is 24.0 Å². The van der Waals surface area contributed by atoms with Gasteiger partial charge in [-0.15, -0.1) is 11.8 Å². The lowest BCUT2D eigenvalue weighted by Crippen LogP contribution is -2.02. The zero-order valence-electron chi connectivity index (χ0n) is 9.55. The molecule has 0 fully saturated rings. The number of rotatable bonds is 4. The van der Waals surface area contributed by atoms with Crippen molar-refractivity contribution in [3.8, 4) is 0 Å². The lowest BCUT2D eigenvalue weighted by Gasteiger charge is -2.06. The standard InChI is InChI=1S/C12H14N4S/c1-17-12-6-11(15-8-16-12)14-7-9-2-4-10(13)5-3-9/h2-6,8H,7,13H2,1H3,(H,14,15,16). The minimum Gasteiger partial charge on any atom is -0.399 e. The molecule has 0 unspecified atom stereocenters. The Balaban J connectivity index is 1.99. The number of nitrogen functional groups attached to an aromatic ring is 1. The van der Waals surface area contributed by atoms with E-state index in [9.17, 15) is 0 Å². The van der Waals surface area contributed by atoms with Crippen LogP contribution in [0.5, 0.6) is 0 Å². The molecule has 2 aromatic rings. The second-order valence-corrected chi connectivity index (χ2v) is 4.37. The molecule has 5 heteroatoms.